The summed E-state index contributed by atoms with van der Waals surface area (Å²) in [6.07, 6.45) is -0.997. The zero-order valence-electron chi connectivity index (χ0n) is 17.1. The minimum Gasteiger partial charge on any atom is -0.497 e. The van der Waals surface area contributed by atoms with Crippen LogP contribution in [0.1, 0.15) is 28.5 Å². The van der Waals surface area contributed by atoms with Crippen LogP contribution in [0.25, 0.3) is 10.9 Å². The van der Waals surface area contributed by atoms with E-state index in [4.69, 9.17) is 14.2 Å². The van der Waals surface area contributed by atoms with Gasteiger partial charge < -0.3 is 24.5 Å². The van der Waals surface area contributed by atoms with Gasteiger partial charge in [0.15, 0.2) is 6.10 Å². The standard InChI is InChI=1S/C22H24N2O5/c1-12-13(2)23-18-8-6-15(10-17(12)18)22(26)29-14(3)21(25)24-19-11-16(27-4)7-9-20(19)28-5/h6-11,14,23H,1-5H3,(H,24,25). The van der Waals surface area contributed by atoms with E-state index in [-0.39, 0.29) is 0 Å². The summed E-state index contributed by atoms with van der Waals surface area (Å²) in [6, 6.07) is 10.3. The van der Waals surface area contributed by atoms with Gasteiger partial charge in [-0.1, -0.05) is 0 Å². The van der Waals surface area contributed by atoms with Crippen molar-refractivity contribution in [3.05, 3.63) is 53.2 Å². The van der Waals surface area contributed by atoms with Gasteiger partial charge in [-0.05, 0) is 56.7 Å². The quantitative estimate of drug-likeness (QED) is 0.615. The van der Waals surface area contributed by atoms with Crippen molar-refractivity contribution >= 4 is 28.5 Å². The van der Waals surface area contributed by atoms with E-state index in [1.54, 1.807) is 30.3 Å². The lowest BCUT2D eigenvalue weighted by atomic mass is 10.1. The smallest absolute Gasteiger partial charge is 0.338 e. The molecule has 0 aliphatic rings. The van der Waals surface area contributed by atoms with E-state index in [2.05, 4.69) is 10.3 Å². The monoisotopic (exact) mass is 396 g/mol. The van der Waals surface area contributed by atoms with Gasteiger partial charge in [-0.3, -0.25) is 4.79 Å². The first-order valence-electron chi connectivity index (χ1n) is 9.16. The topological polar surface area (TPSA) is 89.7 Å². The highest BCUT2D eigenvalue weighted by atomic mass is 16.5. The minimum atomic E-state index is -0.997. The van der Waals surface area contributed by atoms with Gasteiger partial charge in [0.25, 0.3) is 5.91 Å². The van der Waals surface area contributed by atoms with Crippen LogP contribution in [-0.4, -0.2) is 37.2 Å². The Kier molecular flexibility index (Phi) is 5.77. The van der Waals surface area contributed by atoms with Gasteiger partial charge in [-0.2, -0.15) is 0 Å². The summed E-state index contributed by atoms with van der Waals surface area (Å²) >= 11 is 0. The van der Waals surface area contributed by atoms with Crippen molar-refractivity contribution in [3.8, 4) is 11.5 Å². The highest BCUT2D eigenvalue weighted by Crippen LogP contribution is 2.29. The first-order chi connectivity index (χ1) is 13.8. The molecule has 0 saturated heterocycles. The SMILES string of the molecule is COc1ccc(OC)c(NC(=O)C(C)OC(=O)c2ccc3[nH]c(C)c(C)c3c2)c1. The Bertz CT molecular complexity index is 1070. The number of anilines is 1. The lowest BCUT2D eigenvalue weighted by Gasteiger charge is -2.16. The van der Waals surface area contributed by atoms with Crippen LogP contribution in [0.4, 0.5) is 5.69 Å². The molecule has 3 rings (SSSR count). The average molecular weight is 396 g/mol. The second-order valence-corrected chi connectivity index (χ2v) is 6.74. The maximum atomic E-state index is 12.5. The molecular weight excluding hydrogens is 372 g/mol. The molecular formula is C22H24N2O5. The number of hydrogen-bond acceptors (Lipinski definition) is 5. The minimum absolute atomic E-state index is 0.387. The molecule has 0 aliphatic carbocycles. The number of amides is 1. The second-order valence-electron chi connectivity index (χ2n) is 6.74. The predicted octanol–water partition coefficient (Wildman–Crippen LogP) is 3.99. The summed E-state index contributed by atoms with van der Waals surface area (Å²) in [5, 5.41) is 3.66. The number of carbonyl (C=O) groups is 2. The van der Waals surface area contributed by atoms with Crippen molar-refractivity contribution in [3.63, 3.8) is 0 Å². The third kappa shape index (κ3) is 4.18. The van der Waals surface area contributed by atoms with Crippen LogP contribution in [0, 0.1) is 13.8 Å². The van der Waals surface area contributed by atoms with Gasteiger partial charge in [0.1, 0.15) is 11.5 Å². The van der Waals surface area contributed by atoms with E-state index >= 15 is 0 Å². The molecule has 7 heteroatoms. The molecule has 152 valence electrons. The summed E-state index contributed by atoms with van der Waals surface area (Å²) in [6.45, 7) is 5.48. The maximum Gasteiger partial charge on any atom is 0.338 e. The Hall–Kier alpha value is -3.48. The Morgan fingerprint density at radius 2 is 1.79 bits per heavy atom. The van der Waals surface area contributed by atoms with Crippen molar-refractivity contribution in [1.29, 1.82) is 0 Å². The lowest BCUT2D eigenvalue weighted by Crippen LogP contribution is -2.30. The zero-order chi connectivity index (χ0) is 21.1. The van der Waals surface area contributed by atoms with Crippen LogP contribution in [0.5, 0.6) is 11.5 Å². The molecule has 1 aromatic heterocycles. The highest BCUT2D eigenvalue weighted by Gasteiger charge is 2.21. The molecule has 0 saturated carbocycles. The molecule has 2 aromatic carbocycles. The number of aryl methyl sites for hydroxylation is 2. The molecule has 0 radical (unpaired) electrons. The van der Waals surface area contributed by atoms with Gasteiger partial charge >= 0.3 is 5.97 Å². The van der Waals surface area contributed by atoms with Gasteiger partial charge in [0, 0.05) is 22.7 Å². The van der Waals surface area contributed by atoms with E-state index in [0.717, 1.165) is 22.2 Å². The molecule has 1 amide bonds. The molecule has 2 N–H and O–H groups in total. The van der Waals surface area contributed by atoms with Gasteiger partial charge in [-0.15, -0.1) is 0 Å². The van der Waals surface area contributed by atoms with E-state index < -0.39 is 18.0 Å². The van der Waals surface area contributed by atoms with Crippen molar-refractivity contribution in [2.24, 2.45) is 0 Å². The molecule has 3 aromatic rings. The van der Waals surface area contributed by atoms with Crippen molar-refractivity contribution in [1.82, 2.24) is 4.98 Å². The van der Waals surface area contributed by atoms with E-state index in [9.17, 15) is 9.59 Å². The largest absolute Gasteiger partial charge is 0.497 e. The number of ether oxygens (including phenoxy) is 3. The molecule has 0 spiro atoms. The fourth-order valence-corrected chi connectivity index (χ4v) is 3.02. The Morgan fingerprint density at radius 3 is 2.48 bits per heavy atom. The number of benzene rings is 2. The number of carbonyl (C=O) groups excluding carboxylic acids is 2. The van der Waals surface area contributed by atoms with E-state index in [1.807, 2.05) is 19.9 Å². The summed E-state index contributed by atoms with van der Waals surface area (Å²) < 4.78 is 15.8. The number of aromatic nitrogens is 1. The normalized spacial score (nSPS) is 11.8. The number of H-pyrrole nitrogens is 1. The summed E-state index contributed by atoms with van der Waals surface area (Å²) in [5.74, 6) is 0.00251. The van der Waals surface area contributed by atoms with Gasteiger partial charge in [0.05, 0.1) is 25.5 Å². The predicted molar refractivity (Wildman–Crippen MR) is 111 cm³/mol. The van der Waals surface area contributed by atoms with Crippen LogP contribution in [0.15, 0.2) is 36.4 Å². The number of hydrogen-bond donors (Lipinski definition) is 2. The molecule has 1 heterocycles. The van der Waals surface area contributed by atoms with E-state index in [0.29, 0.717) is 22.7 Å². The van der Waals surface area contributed by atoms with Crippen LogP contribution in [0.3, 0.4) is 0 Å². The summed E-state index contributed by atoms with van der Waals surface area (Å²) in [7, 11) is 3.03. The molecule has 7 nitrogen and oxygen atoms in total. The van der Waals surface area contributed by atoms with Crippen LogP contribution < -0.4 is 14.8 Å². The summed E-state index contributed by atoms with van der Waals surface area (Å²) in [4.78, 5) is 28.3. The number of esters is 1. The first kappa shape index (κ1) is 20.3. The van der Waals surface area contributed by atoms with Crippen LogP contribution in [0.2, 0.25) is 0 Å². The summed E-state index contributed by atoms with van der Waals surface area (Å²) in [5.41, 5.74) is 3.89. The first-order valence-corrected chi connectivity index (χ1v) is 9.16. The molecule has 1 unspecified atom stereocenters. The molecule has 1 atom stereocenters. The fourth-order valence-electron chi connectivity index (χ4n) is 3.02. The number of fused-ring (bicyclic) bond motifs is 1. The van der Waals surface area contributed by atoms with Crippen LogP contribution >= 0.6 is 0 Å². The molecule has 29 heavy (non-hydrogen) atoms. The lowest BCUT2D eigenvalue weighted by molar-refractivity contribution is -0.123. The second kappa shape index (κ2) is 8.26. The molecule has 0 fully saturated rings. The van der Waals surface area contributed by atoms with E-state index in [1.165, 1.54) is 21.1 Å². The number of rotatable bonds is 6. The maximum absolute atomic E-state index is 12.5. The Morgan fingerprint density at radius 1 is 1.03 bits per heavy atom. The highest BCUT2D eigenvalue weighted by molar-refractivity contribution is 6.00. The number of nitrogens with one attached hydrogen (secondary N) is 2. The van der Waals surface area contributed by atoms with Crippen LogP contribution in [-0.2, 0) is 9.53 Å². The van der Waals surface area contributed by atoms with Crippen molar-refractivity contribution in [2.45, 2.75) is 26.9 Å². The number of aromatic amines is 1. The fraction of sp³-hybridized carbons (Fsp3) is 0.273. The Labute approximate surface area is 169 Å². The van der Waals surface area contributed by atoms with Gasteiger partial charge in [-0.25, -0.2) is 4.79 Å². The zero-order valence-corrected chi connectivity index (χ0v) is 17.1. The van der Waals surface area contributed by atoms with Crippen molar-refractivity contribution in [2.75, 3.05) is 19.5 Å². The van der Waals surface area contributed by atoms with Gasteiger partial charge in [0.2, 0.25) is 0 Å². The number of methoxy groups -OCH3 is 2. The third-order valence-corrected chi connectivity index (χ3v) is 4.86. The third-order valence-electron chi connectivity index (χ3n) is 4.86. The van der Waals surface area contributed by atoms with Crippen molar-refractivity contribution < 1.29 is 23.8 Å². The molecule has 0 aliphatic heterocycles. The molecule has 0 bridgehead atoms. The average Bonchev–Trinajstić information content (AvgIpc) is 3.01. The Balaban J connectivity index is 1.72.